The number of aromatic nitrogens is 1. The molecule has 1 saturated heterocycles. The fourth-order valence-electron chi connectivity index (χ4n) is 2.09. The summed E-state index contributed by atoms with van der Waals surface area (Å²) in [5.41, 5.74) is 0.0126. The van der Waals surface area contributed by atoms with Gasteiger partial charge in [0.2, 0.25) is 5.88 Å². The normalized spacial score (nSPS) is 17.8. The minimum atomic E-state index is -0.405. The molecule has 1 aromatic heterocycles. The summed E-state index contributed by atoms with van der Waals surface area (Å²) in [5.74, 6) is 0.467. The third-order valence-electron chi connectivity index (χ3n) is 3.29. The highest BCUT2D eigenvalue weighted by atomic mass is 35.5. The summed E-state index contributed by atoms with van der Waals surface area (Å²) < 4.78 is 10.4. The zero-order valence-electron chi connectivity index (χ0n) is 10.8. The van der Waals surface area contributed by atoms with Gasteiger partial charge >= 0.3 is 0 Å². The van der Waals surface area contributed by atoms with Crippen LogP contribution in [0.5, 0.6) is 5.88 Å². The summed E-state index contributed by atoms with van der Waals surface area (Å²) in [6.45, 7) is 1.22. The summed E-state index contributed by atoms with van der Waals surface area (Å²) in [6.07, 6.45) is 3.01. The number of rotatable bonds is 4. The van der Waals surface area contributed by atoms with E-state index < -0.39 is 5.54 Å². The van der Waals surface area contributed by atoms with E-state index in [9.17, 15) is 4.79 Å². The Kier molecular flexibility index (Phi) is 4.61. The molecule has 6 heteroatoms. The van der Waals surface area contributed by atoms with Crippen LogP contribution in [-0.2, 0) is 4.74 Å². The van der Waals surface area contributed by atoms with E-state index in [0.717, 1.165) is 0 Å². The number of hydrogen-bond donors (Lipinski definition) is 1. The van der Waals surface area contributed by atoms with Gasteiger partial charge < -0.3 is 14.8 Å². The molecule has 1 amide bonds. The summed E-state index contributed by atoms with van der Waals surface area (Å²) in [6, 6.07) is 3.39. The van der Waals surface area contributed by atoms with Crippen molar-refractivity contribution in [3.8, 4) is 5.88 Å². The lowest BCUT2D eigenvalue weighted by atomic mass is 9.92. The first-order chi connectivity index (χ1) is 9.21. The molecule has 5 nitrogen and oxygen atoms in total. The summed E-state index contributed by atoms with van der Waals surface area (Å²) in [4.78, 5) is 16.3. The zero-order valence-corrected chi connectivity index (χ0v) is 11.6. The predicted molar refractivity (Wildman–Crippen MR) is 71.8 cm³/mol. The number of nitrogens with one attached hydrogen (secondary N) is 1. The molecule has 0 bridgehead atoms. The van der Waals surface area contributed by atoms with Gasteiger partial charge in [0.05, 0.1) is 12.6 Å². The number of alkyl halides is 1. The molecule has 19 heavy (non-hydrogen) atoms. The van der Waals surface area contributed by atoms with E-state index in [0.29, 0.717) is 43.4 Å². The Bertz CT molecular complexity index is 447. The van der Waals surface area contributed by atoms with Crippen molar-refractivity contribution in [3.05, 3.63) is 23.9 Å². The van der Waals surface area contributed by atoms with Crippen molar-refractivity contribution in [2.24, 2.45) is 0 Å². The van der Waals surface area contributed by atoms with E-state index >= 15 is 0 Å². The number of halogens is 1. The maximum atomic E-state index is 12.3. The number of pyridine rings is 1. The first-order valence-electron chi connectivity index (χ1n) is 6.16. The van der Waals surface area contributed by atoms with Crippen LogP contribution in [-0.4, -0.2) is 42.6 Å². The van der Waals surface area contributed by atoms with Crippen molar-refractivity contribution >= 4 is 17.5 Å². The SMILES string of the molecule is COc1ncccc1C(=O)NC1(CCl)CCOCC1. The van der Waals surface area contributed by atoms with Crippen LogP contribution in [0, 0.1) is 0 Å². The van der Waals surface area contributed by atoms with Crippen molar-refractivity contribution in [1.82, 2.24) is 10.3 Å². The molecule has 0 unspecified atom stereocenters. The van der Waals surface area contributed by atoms with Crippen LogP contribution in [0.25, 0.3) is 0 Å². The van der Waals surface area contributed by atoms with E-state index in [4.69, 9.17) is 21.1 Å². The zero-order chi connectivity index (χ0) is 13.7. The molecule has 1 fully saturated rings. The van der Waals surface area contributed by atoms with Gasteiger partial charge in [0.25, 0.3) is 5.91 Å². The van der Waals surface area contributed by atoms with Gasteiger partial charge in [-0.2, -0.15) is 0 Å². The van der Waals surface area contributed by atoms with Gasteiger partial charge in [-0.05, 0) is 25.0 Å². The molecule has 104 valence electrons. The van der Waals surface area contributed by atoms with Crippen LogP contribution in [0.1, 0.15) is 23.2 Å². The number of carbonyl (C=O) groups excluding carboxylic acids is 1. The smallest absolute Gasteiger partial charge is 0.257 e. The van der Waals surface area contributed by atoms with Crippen LogP contribution in [0.2, 0.25) is 0 Å². The van der Waals surface area contributed by atoms with Crippen LogP contribution >= 0.6 is 11.6 Å². The van der Waals surface area contributed by atoms with Gasteiger partial charge in [-0.1, -0.05) is 0 Å². The molecule has 1 aromatic rings. The molecule has 1 aliphatic rings. The van der Waals surface area contributed by atoms with Crippen molar-refractivity contribution < 1.29 is 14.3 Å². The molecule has 0 spiro atoms. The highest BCUT2D eigenvalue weighted by molar-refractivity contribution is 6.19. The number of methoxy groups -OCH3 is 1. The molecule has 0 saturated carbocycles. The van der Waals surface area contributed by atoms with Gasteiger partial charge in [-0.25, -0.2) is 4.98 Å². The van der Waals surface area contributed by atoms with E-state index in [1.807, 2.05) is 0 Å². The fraction of sp³-hybridized carbons (Fsp3) is 0.538. The third kappa shape index (κ3) is 3.16. The second kappa shape index (κ2) is 6.21. The minimum absolute atomic E-state index is 0.215. The van der Waals surface area contributed by atoms with Gasteiger partial charge in [0.1, 0.15) is 5.56 Å². The van der Waals surface area contributed by atoms with Crippen LogP contribution < -0.4 is 10.1 Å². The molecule has 0 radical (unpaired) electrons. The molecule has 0 atom stereocenters. The first kappa shape index (κ1) is 14.1. The van der Waals surface area contributed by atoms with Gasteiger partial charge in [-0.15, -0.1) is 11.6 Å². The Balaban J connectivity index is 2.15. The topological polar surface area (TPSA) is 60.5 Å². The summed E-state index contributed by atoms with van der Waals surface area (Å²) in [5, 5.41) is 3.00. The second-order valence-corrected chi connectivity index (χ2v) is 4.81. The van der Waals surface area contributed by atoms with Gasteiger partial charge in [0.15, 0.2) is 0 Å². The maximum Gasteiger partial charge on any atom is 0.257 e. The van der Waals surface area contributed by atoms with E-state index in [-0.39, 0.29) is 5.91 Å². The van der Waals surface area contributed by atoms with Crippen molar-refractivity contribution in [1.29, 1.82) is 0 Å². The largest absolute Gasteiger partial charge is 0.480 e. The standard InChI is InChI=1S/C13H17ClN2O3/c1-18-12-10(3-2-6-15-12)11(17)16-13(9-14)4-7-19-8-5-13/h2-3,6H,4-5,7-9H2,1H3,(H,16,17). The van der Waals surface area contributed by atoms with Crippen molar-refractivity contribution in [2.45, 2.75) is 18.4 Å². The van der Waals surface area contributed by atoms with Crippen LogP contribution in [0.15, 0.2) is 18.3 Å². The molecule has 1 aliphatic heterocycles. The monoisotopic (exact) mass is 284 g/mol. The van der Waals surface area contributed by atoms with Gasteiger partial charge in [0, 0.05) is 25.3 Å². The highest BCUT2D eigenvalue weighted by Crippen LogP contribution is 2.24. The lowest BCUT2D eigenvalue weighted by molar-refractivity contribution is 0.0433. The van der Waals surface area contributed by atoms with E-state index in [2.05, 4.69) is 10.3 Å². The molecule has 0 aliphatic carbocycles. The summed E-state index contributed by atoms with van der Waals surface area (Å²) in [7, 11) is 1.49. The first-order valence-corrected chi connectivity index (χ1v) is 6.69. The van der Waals surface area contributed by atoms with Crippen LogP contribution in [0.4, 0.5) is 0 Å². The quantitative estimate of drug-likeness (QED) is 0.854. The molecule has 1 N–H and O–H groups in total. The molecule has 2 heterocycles. The Morgan fingerprint density at radius 1 is 1.58 bits per heavy atom. The lowest BCUT2D eigenvalue weighted by Gasteiger charge is -2.36. The minimum Gasteiger partial charge on any atom is -0.480 e. The third-order valence-corrected chi connectivity index (χ3v) is 3.81. The number of hydrogen-bond acceptors (Lipinski definition) is 4. The molecular formula is C13H17ClN2O3. The Labute approximate surface area is 117 Å². The highest BCUT2D eigenvalue weighted by Gasteiger charge is 2.34. The molecular weight excluding hydrogens is 268 g/mol. The Morgan fingerprint density at radius 3 is 2.95 bits per heavy atom. The Hall–Kier alpha value is -1.33. The fourth-order valence-corrected chi connectivity index (χ4v) is 2.42. The predicted octanol–water partition coefficient (Wildman–Crippen LogP) is 1.61. The van der Waals surface area contributed by atoms with E-state index in [1.54, 1.807) is 18.3 Å². The summed E-state index contributed by atoms with van der Waals surface area (Å²) >= 11 is 6.03. The van der Waals surface area contributed by atoms with E-state index in [1.165, 1.54) is 7.11 Å². The van der Waals surface area contributed by atoms with Crippen molar-refractivity contribution in [2.75, 3.05) is 26.2 Å². The number of carbonyl (C=O) groups is 1. The number of ether oxygens (including phenoxy) is 2. The molecule has 0 aromatic carbocycles. The number of nitrogens with zero attached hydrogens (tertiary/aromatic N) is 1. The van der Waals surface area contributed by atoms with Gasteiger partial charge in [-0.3, -0.25) is 4.79 Å². The number of amides is 1. The lowest BCUT2D eigenvalue weighted by Crippen LogP contribution is -2.53. The second-order valence-electron chi connectivity index (χ2n) is 4.54. The van der Waals surface area contributed by atoms with Crippen LogP contribution in [0.3, 0.4) is 0 Å². The van der Waals surface area contributed by atoms with Crippen molar-refractivity contribution in [3.63, 3.8) is 0 Å². The average molecular weight is 285 g/mol. The molecule has 2 rings (SSSR count). The Morgan fingerprint density at radius 2 is 2.32 bits per heavy atom. The average Bonchev–Trinajstić information content (AvgIpc) is 2.48. The maximum absolute atomic E-state index is 12.3.